The first-order valence-electron chi connectivity index (χ1n) is 6.87. The first-order valence-corrected chi connectivity index (χ1v) is 6.87. The van der Waals surface area contributed by atoms with Crippen molar-refractivity contribution in [3.05, 3.63) is 53.5 Å². The van der Waals surface area contributed by atoms with Gasteiger partial charge in [-0.25, -0.2) is 0 Å². The smallest absolute Gasteiger partial charge is 0.261 e. The van der Waals surface area contributed by atoms with Crippen molar-refractivity contribution in [1.29, 1.82) is 0 Å². The van der Waals surface area contributed by atoms with Gasteiger partial charge in [-0.2, -0.15) is 0 Å². The highest BCUT2D eigenvalue weighted by Gasteiger charge is 2.32. The molecule has 1 amide bonds. The Hall–Kier alpha value is -2.07. The van der Waals surface area contributed by atoms with E-state index in [1.54, 1.807) is 12.3 Å². The van der Waals surface area contributed by atoms with E-state index in [4.69, 9.17) is 10.2 Å². The van der Waals surface area contributed by atoms with E-state index < -0.39 is 0 Å². The molecule has 0 aliphatic carbocycles. The largest absolute Gasteiger partial charge is 0.469 e. The molecule has 4 heteroatoms. The summed E-state index contributed by atoms with van der Waals surface area (Å²) in [5, 5.41) is 0. The molecule has 1 atom stereocenters. The van der Waals surface area contributed by atoms with Gasteiger partial charge in [-0.05, 0) is 37.6 Å². The number of rotatable bonds is 3. The fourth-order valence-electron chi connectivity index (χ4n) is 2.89. The van der Waals surface area contributed by atoms with Gasteiger partial charge in [0.05, 0.1) is 11.8 Å². The first kappa shape index (κ1) is 12.9. The summed E-state index contributed by atoms with van der Waals surface area (Å²) in [5.41, 5.74) is 8.53. The van der Waals surface area contributed by atoms with Gasteiger partial charge in [-0.3, -0.25) is 4.79 Å². The zero-order chi connectivity index (χ0) is 14.1. The molecule has 1 aliphatic heterocycles. The fraction of sp³-hybridized carbons (Fsp3) is 0.312. The van der Waals surface area contributed by atoms with Crippen LogP contribution in [0.3, 0.4) is 0 Å². The van der Waals surface area contributed by atoms with Crippen LogP contribution in [0, 0.1) is 6.92 Å². The van der Waals surface area contributed by atoms with E-state index in [1.165, 1.54) is 5.56 Å². The Balaban J connectivity index is 1.96. The van der Waals surface area contributed by atoms with Crippen molar-refractivity contribution in [2.24, 2.45) is 5.73 Å². The van der Waals surface area contributed by atoms with E-state index in [0.717, 1.165) is 12.1 Å². The van der Waals surface area contributed by atoms with Crippen LogP contribution in [0.1, 0.15) is 34.0 Å². The second kappa shape index (κ2) is 5.13. The average molecular weight is 270 g/mol. The second-order valence-electron chi connectivity index (χ2n) is 5.14. The number of hydrogen-bond donors (Lipinski definition) is 1. The summed E-state index contributed by atoms with van der Waals surface area (Å²) in [5.74, 6) is 0.991. The highest BCUT2D eigenvalue weighted by Crippen LogP contribution is 2.38. The zero-order valence-corrected chi connectivity index (χ0v) is 11.5. The minimum atomic E-state index is 0.00298. The average Bonchev–Trinajstić information content (AvgIpc) is 3.03. The Kier molecular flexibility index (Phi) is 3.32. The van der Waals surface area contributed by atoms with Crippen LogP contribution in [0.2, 0.25) is 0 Å². The SMILES string of the molecule is Cc1occc1C(=O)N1CC(CCN)c2ccccc21. The van der Waals surface area contributed by atoms with Gasteiger partial charge in [0.15, 0.2) is 0 Å². The second-order valence-corrected chi connectivity index (χ2v) is 5.14. The van der Waals surface area contributed by atoms with Crippen molar-refractivity contribution >= 4 is 11.6 Å². The quantitative estimate of drug-likeness (QED) is 0.932. The van der Waals surface area contributed by atoms with Gasteiger partial charge in [-0.1, -0.05) is 18.2 Å². The van der Waals surface area contributed by atoms with Crippen molar-refractivity contribution < 1.29 is 9.21 Å². The molecule has 104 valence electrons. The third kappa shape index (κ3) is 2.02. The number of para-hydroxylation sites is 1. The summed E-state index contributed by atoms with van der Waals surface area (Å²) in [6, 6.07) is 9.80. The summed E-state index contributed by atoms with van der Waals surface area (Å²) in [6.45, 7) is 3.14. The van der Waals surface area contributed by atoms with E-state index in [2.05, 4.69) is 6.07 Å². The summed E-state index contributed by atoms with van der Waals surface area (Å²) in [6.07, 6.45) is 2.45. The fourth-order valence-corrected chi connectivity index (χ4v) is 2.89. The molecule has 1 aliphatic rings. The third-order valence-corrected chi connectivity index (χ3v) is 3.92. The maximum Gasteiger partial charge on any atom is 0.261 e. The van der Waals surface area contributed by atoms with E-state index >= 15 is 0 Å². The predicted octanol–water partition coefficient (Wildman–Crippen LogP) is 2.68. The van der Waals surface area contributed by atoms with Crippen molar-refractivity contribution in [3.63, 3.8) is 0 Å². The molecule has 3 rings (SSSR count). The molecule has 20 heavy (non-hydrogen) atoms. The maximum absolute atomic E-state index is 12.7. The molecule has 2 N–H and O–H groups in total. The van der Waals surface area contributed by atoms with Crippen LogP contribution in [0.15, 0.2) is 41.0 Å². The monoisotopic (exact) mass is 270 g/mol. The van der Waals surface area contributed by atoms with Crippen molar-refractivity contribution in [3.8, 4) is 0 Å². The van der Waals surface area contributed by atoms with Crippen LogP contribution in [-0.2, 0) is 0 Å². The molecular formula is C16H18N2O2. The number of carbonyl (C=O) groups is 1. The topological polar surface area (TPSA) is 59.5 Å². The van der Waals surface area contributed by atoms with Crippen LogP contribution >= 0.6 is 0 Å². The van der Waals surface area contributed by atoms with Gasteiger partial charge in [-0.15, -0.1) is 0 Å². The number of aryl methyl sites for hydroxylation is 1. The number of fused-ring (bicyclic) bond motifs is 1. The van der Waals surface area contributed by atoms with Crippen LogP contribution < -0.4 is 10.6 Å². The van der Waals surface area contributed by atoms with Gasteiger partial charge in [0.25, 0.3) is 5.91 Å². The third-order valence-electron chi connectivity index (χ3n) is 3.92. The van der Waals surface area contributed by atoms with Crippen LogP contribution in [0.4, 0.5) is 5.69 Å². The highest BCUT2D eigenvalue weighted by molar-refractivity contribution is 6.08. The molecule has 2 heterocycles. The van der Waals surface area contributed by atoms with Crippen molar-refractivity contribution in [1.82, 2.24) is 0 Å². The number of benzene rings is 1. The Bertz CT molecular complexity index is 633. The molecule has 4 nitrogen and oxygen atoms in total. The van der Waals surface area contributed by atoms with Crippen molar-refractivity contribution in [2.75, 3.05) is 18.0 Å². The molecule has 1 aromatic carbocycles. The summed E-state index contributed by atoms with van der Waals surface area (Å²) >= 11 is 0. The molecular weight excluding hydrogens is 252 g/mol. The molecule has 0 radical (unpaired) electrons. The van der Waals surface area contributed by atoms with E-state index in [9.17, 15) is 4.79 Å². The molecule has 1 aromatic heterocycles. The first-order chi connectivity index (χ1) is 9.72. The number of amides is 1. The minimum absolute atomic E-state index is 0.00298. The number of carbonyl (C=O) groups excluding carboxylic acids is 1. The molecule has 0 saturated carbocycles. The summed E-state index contributed by atoms with van der Waals surface area (Å²) < 4.78 is 5.24. The normalized spacial score (nSPS) is 17.3. The zero-order valence-electron chi connectivity index (χ0n) is 11.5. The number of nitrogens with two attached hydrogens (primary N) is 1. The molecule has 1 unspecified atom stereocenters. The highest BCUT2D eigenvalue weighted by atomic mass is 16.3. The van der Waals surface area contributed by atoms with Crippen LogP contribution in [0.5, 0.6) is 0 Å². The van der Waals surface area contributed by atoms with Gasteiger partial charge in [0.1, 0.15) is 5.76 Å². The Morgan fingerprint density at radius 3 is 2.90 bits per heavy atom. The Morgan fingerprint density at radius 2 is 2.20 bits per heavy atom. The lowest BCUT2D eigenvalue weighted by Crippen LogP contribution is -2.30. The van der Waals surface area contributed by atoms with E-state index in [1.807, 2.05) is 30.0 Å². The molecule has 0 bridgehead atoms. The van der Waals surface area contributed by atoms with Crippen molar-refractivity contribution in [2.45, 2.75) is 19.3 Å². The van der Waals surface area contributed by atoms with Gasteiger partial charge < -0.3 is 15.1 Å². The summed E-state index contributed by atoms with van der Waals surface area (Å²) in [4.78, 5) is 14.5. The number of hydrogen-bond acceptors (Lipinski definition) is 3. The molecule has 0 fully saturated rings. The van der Waals surface area contributed by atoms with Gasteiger partial charge in [0.2, 0.25) is 0 Å². The lowest BCUT2D eigenvalue weighted by molar-refractivity contribution is 0.0986. The number of anilines is 1. The number of furan rings is 1. The van der Waals surface area contributed by atoms with Crippen LogP contribution in [0.25, 0.3) is 0 Å². The lowest BCUT2D eigenvalue weighted by atomic mass is 9.98. The maximum atomic E-state index is 12.7. The van der Waals surface area contributed by atoms with Crippen LogP contribution in [-0.4, -0.2) is 19.0 Å². The standard InChI is InChI=1S/C16H18N2O2/c1-11-13(7-9-20-11)16(19)18-10-12(6-8-17)14-4-2-3-5-15(14)18/h2-5,7,9,12H,6,8,10,17H2,1H3. The molecule has 0 spiro atoms. The predicted molar refractivity (Wildman–Crippen MR) is 78.0 cm³/mol. The Labute approximate surface area is 118 Å². The lowest BCUT2D eigenvalue weighted by Gasteiger charge is -2.17. The van der Waals surface area contributed by atoms with E-state index in [0.29, 0.717) is 30.3 Å². The molecule has 0 saturated heterocycles. The van der Waals surface area contributed by atoms with Gasteiger partial charge in [0, 0.05) is 18.2 Å². The number of nitrogens with zero attached hydrogens (tertiary/aromatic N) is 1. The van der Waals surface area contributed by atoms with E-state index in [-0.39, 0.29) is 5.91 Å². The molecule has 2 aromatic rings. The van der Waals surface area contributed by atoms with Gasteiger partial charge >= 0.3 is 0 Å². The summed E-state index contributed by atoms with van der Waals surface area (Å²) in [7, 11) is 0. The Morgan fingerprint density at radius 1 is 1.40 bits per heavy atom. The minimum Gasteiger partial charge on any atom is -0.469 e.